The van der Waals surface area contributed by atoms with Crippen LogP contribution in [-0.4, -0.2) is 6.54 Å². The molecule has 3 rings (SSSR count). The summed E-state index contributed by atoms with van der Waals surface area (Å²) in [6, 6.07) is 9.20. The van der Waals surface area contributed by atoms with Crippen molar-refractivity contribution in [2.24, 2.45) is 0 Å². The summed E-state index contributed by atoms with van der Waals surface area (Å²) in [4.78, 5) is 0. The molecule has 1 aliphatic heterocycles. The average Bonchev–Trinajstić information content (AvgIpc) is 2.47. The zero-order valence-corrected chi connectivity index (χ0v) is 10.7. The molecule has 0 aromatic heterocycles. The lowest BCUT2D eigenvalue weighted by Gasteiger charge is -2.28. The van der Waals surface area contributed by atoms with Crippen molar-refractivity contribution in [2.75, 3.05) is 11.9 Å². The minimum atomic E-state index is -4.37. The van der Waals surface area contributed by atoms with E-state index < -0.39 is 23.7 Å². The highest BCUT2D eigenvalue weighted by Gasteiger charge is 2.31. The molecule has 0 aliphatic carbocycles. The zero-order chi connectivity index (χ0) is 15.0. The molecule has 0 radical (unpaired) electrons. The zero-order valence-electron chi connectivity index (χ0n) is 10.7. The van der Waals surface area contributed by atoms with Gasteiger partial charge < -0.3 is 10.1 Å². The maximum absolute atomic E-state index is 13.7. The largest absolute Gasteiger partial charge is 0.479 e. The Morgan fingerprint density at radius 1 is 1.05 bits per heavy atom. The predicted octanol–water partition coefficient (Wildman–Crippen LogP) is 4.39. The van der Waals surface area contributed by atoms with Gasteiger partial charge in [-0.25, -0.2) is 4.39 Å². The Kier molecular flexibility index (Phi) is 3.23. The number of fused-ring (bicyclic) bond motifs is 1. The van der Waals surface area contributed by atoms with Gasteiger partial charge in [0.2, 0.25) is 0 Å². The van der Waals surface area contributed by atoms with Gasteiger partial charge in [-0.15, -0.1) is 0 Å². The summed E-state index contributed by atoms with van der Waals surface area (Å²) >= 11 is 0. The summed E-state index contributed by atoms with van der Waals surface area (Å²) in [5, 5.41) is 3.01. The van der Waals surface area contributed by atoms with Crippen LogP contribution in [0.5, 0.6) is 5.75 Å². The van der Waals surface area contributed by atoms with Gasteiger partial charge in [-0.1, -0.05) is 18.2 Å². The molecule has 110 valence electrons. The molecule has 1 aliphatic rings. The molecule has 0 unspecified atom stereocenters. The highest BCUT2D eigenvalue weighted by molar-refractivity contribution is 5.58. The molecule has 0 saturated carbocycles. The van der Waals surface area contributed by atoms with Crippen LogP contribution >= 0.6 is 0 Å². The summed E-state index contributed by atoms with van der Waals surface area (Å²) in [6.07, 6.45) is -4.90. The van der Waals surface area contributed by atoms with E-state index in [0.29, 0.717) is 17.8 Å². The molecular formula is C15H11F4NO. The van der Waals surface area contributed by atoms with Crippen LogP contribution in [0.3, 0.4) is 0 Å². The van der Waals surface area contributed by atoms with Crippen molar-refractivity contribution in [3.63, 3.8) is 0 Å². The van der Waals surface area contributed by atoms with Gasteiger partial charge in [0.05, 0.1) is 17.8 Å². The van der Waals surface area contributed by atoms with Gasteiger partial charge >= 0.3 is 6.18 Å². The number of benzene rings is 2. The van der Waals surface area contributed by atoms with E-state index in [2.05, 4.69) is 5.32 Å². The lowest BCUT2D eigenvalue weighted by molar-refractivity contribution is -0.137. The van der Waals surface area contributed by atoms with E-state index in [1.165, 1.54) is 18.2 Å². The third-order valence-corrected chi connectivity index (χ3v) is 3.31. The van der Waals surface area contributed by atoms with E-state index in [4.69, 9.17) is 4.74 Å². The molecule has 1 heterocycles. The highest BCUT2D eigenvalue weighted by atomic mass is 19.4. The third kappa shape index (κ3) is 2.66. The second-order valence-corrected chi connectivity index (χ2v) is 4.72. The van der Waals surface area contributed by atoms with Crippen LogP contribution in [0.25, 0.3) is 0 Å². The average molecular weight is 297 g/mol. The first kappa shape index (κ1) is 13.7. The standard InChI is InChI=1S/C15H11F4NO/c16-11-2-1-3-12-14(11)21-13(8-20-12)9-4-6-10(7-5-9)15(17,18)19/h1-7,13,20H,8H2/t13-/m1/s1. The molecular weight excluding hydrogens is 286 g/mol. The minimum Gasteiger partial charge on any atom is -0.479 e. The number of halogens is 4. The fourth-order valence-electron chi connectivity index (χ4n) is 2.23. The SMILES string of the molecule is Fc1cccc2c1O[C@@H](c1ccc(C(F)(F)F)cc1)CN2. The molecule has 21 heavy (non-hydrogen) atoms. The van der Waals surface area contributed by atoms with Crippen LogP contribution in [0.2, 0.25) is 0 Å². The van der Waals surface area contributed by atoms with Gasteiger partial charge in [-0.3, -0.25) is 0 Å². The molecule has 2 aromatic rings. The van der Waals surface area contributed by atoms with E-state index in [9.17, 15) is 17.6 Å². The Morgan fingerprint density at radius 3 is 2.43 bits per heavy atom. The minimum absolute atomic E-state index is 0.0913. The van der Waals surface area contributed by atoms with E-state index in [1.807, 2.05) is 0 Å². The van der Waals surface area contributed by atoms with Crippen LogP contribution in [0, 0.1) is 5.82 Å². The van der Waals surface area contributed by atoms with Gasteiger partial charge in [-0.05, 0) is 29.8 Å². The second-order valence-electron chi connectivity index (χ2n) is 4.72. The van der Waals surface area contributed by atoms with Gasteiger partial charge in [0.15, 0.2) is 11.6 Å². The molecule has 0 bridgehead atoms. The van der Waals surface area contributed by atoms with Crippen molar-refractivity contribution < 1.29 is 22.3 Å². The van der Waals surface area contributed by atoms with Crippen molar-refractivity contribution in [1.82, 2.24) is 0 Å². The number of rotatable bonds is 1. The van der Waals surface area contributed by atoms with Crippen LogP contribution in [0.1, 0.15) is 17.2 Å². The van der Waals surface area contributed by atoms with Crippen LogP contribution in [0.15, 0.2) is 42.5 Å². The van der Waals surface area contributed by atoms with Gasteiger partial charge in [-0.2, -0.15) is 13.2 Å². The monoisotopic (exact) mass is 297 g/mol. The maximum Gasteiger partial charge on any atom is 0.416 e. The summed E-state index contributed by atoms with van der Waals surface area (Å²) in [5.41, 5.74) is 0.379. The Balaban J connectivity index is 1.85. The summed E-state index contributed by atoms with van der Waals surface area (Å²) < 4.78 is 56.8. The lowest BCUT2D eigenvalue weighted by atomic mass is 10.0. The highest BCUT2D eigenvalue weighted by Crippen LogP contribution is 2.37. The Morgan fingerprint density at radius 2 is 1.76 bits per heavy atom. The number of nitrogens with one attached hydrogen (secondary N) is 1. The van der Waals surface area contributed by atoms with Crippen LogP contribution in [-0.2, 0) is 6.18 Å². The molecule has 1 N–H and O–H groups in total. The molecule has 0 spiro atoms. The van der Waals surface area contributed by atoms with Gasteiger partial charge in [0, 0.05) is 0 Å². The molecule has 2 nitrogen and oxygen atoms in total. The third-order valence-electron chi connectivity index (χ3n) is 3.31. The first-order valence-electron chi connectivity index (χ1n) is 6.31. The number of hydrogen-bond donors (Lipinski definition) is 1. The van der Waals surface area contributed by atoms with Crippen LogP contribution in [0.4, 0.5) is 23.2 Å². The number of para-hydroxylation sites is 1. The summed E-state index contributed by atoms with van der Waals surface area (Å²) in [7, 11) is 0. The normalized spacial score (nSPS) is 17.6. The molecule has 2 aromatic carbocycles. The number of hydrogen-bond acceptors (Lipinski definition) is 2. The number of alkyl halides is 3. The molecule has 0 amide bonds. The molecule has 6 heteroatoms. The Hall–Kier alpha value is -2.24. The van der Waals surface area contributed by atoms with Gasteiger partial charge in [0.1, 0.15) is 6.10 Å². The van der Waals surface area contributed by atoms with Crippen molar-refractivity contribution >= 4 is 5.69 Å². The van der Waals surface area contributed by atoms with Crippen molar-refractivity contribution in [3.8, 4) is 5.75 Å². The van der Waals surface area contributed by atoms with Crippen molar-refractivity contribution in [1.29, 1.82) is 0 Å². The second kappa shape index (κ2) is 4.95. The van der Waals surface area contributed by atoms with E-state index >= 15 is 0 Å². The fraction of sp³-hybridized carbons (Fsp3) is 0.200. The maximum atomic E-state index is 13.7. The van der Waals surface area contributed by atoms with E-state index in [1.54, 1.807) is 12.1 Å². The van der Waals surface area contributed by atoms with E-state index in [0.717, 1.165) is 12.1 Å². The first-order valence-corrected chi connectivity index (χ1v) is 6.31. The molecule has 0 saturated heterocycles. The summed E-state index contributed by atoms with van der Waals surface area (Å²) in [5.74, 6) is -0.412. The smallest absolute Gasteiger partial charge is 0.416 e. The number of ether oxygens (including phenoxy) is 1. The Labute approximate surface area is 118 Å². The quantitative estimate of drug-likeness (QED) is 0.788. The number of anilines is 1. The Bertz CT molecular complexity index is 652. The lowest BCUT2D eigenvalue weighted by Crippen LogP contribution is -2.24. The van der Waals surface area contributed by atoms with Gasteiger partial charge in [0.25, 0.3) is 0 Å². The van der Waals surface area contributed by atoms with Crippen molar-refractivity contribution in [3.05, 3.63) is 59.4 Å². The summed E-state index contributed by atoms with van der Waals surface area (Å²) in [6.45, 7) is 0.363. The van der Waals surface area contributed by atoms with Crippen molar-refractivity contribution in [2.45, 2.75) is 12.3 Å². The topological polar surface area (TPSA) is 21.3 Å². The first-order chi connectivity index (χ1) is 9.95. The molecule has 0 fully saturated rings. The molecule has 1 atom stereocenters. The van der Waals surface area contributed by atoms with E-state index in [-0.39, 0.29) is 5.75 Å². The predicted molar refractivity (Wildman–Crippen MR) is 69.7 cm³/mol. The van der Waals surface area contributed by atoms with Crippen LogP contribution < -0.4 is 10.1 Å². The fourth-order valence-corrected chi connectivity index (χ4v) is 2.23.